The maximum atomic E-state index is 12.5. The number of amides is 2. The average molecular weight is 346 g/mol. The van der Waals surface area contributed by atoms with Crippen LogP contribution in [-0.2, 0) is 14.3 Å². The molecule has 2 aliphatic rings. The summed E-state index contributed by atoms with van der Waals surface area (Å²) in [7, 11) is 0. The SMILES string of the molecule is CCN1C[C@@H](C(=O)Nc2ccc(C)cc2OC[C@H]2CCCO2)CC1=O. The number of nitrogens with zero attached hydrogens (tertiary/aromatic N) is 1. The molecule has 1 aromatic carbocycles. The third-order valence-electron chi connectivity index (χ3n) is 4.81. The van der Waals surface area contributed by atoms with Crippen molar-refractivity contribution < 1.29 is 19.1 Å². The number of hydrogen-bond donors (Lipinski definition) is 1. The van der Waals surface area contributed by atoms with Crippen molar-refractivity contribution in [3.05, 3.63) is 23.8 Å². The summed E-state index contributed by atoms with van der Waals surface area (Å²) in [5.41, 5.74) is 1.71. The highest BCUT2D eigenvalue weighted by molar-refractivity contribution is 5.98. The first-order valence-corrected chi connectivity index (χ1v) is 9.00. The highest BCUT2D eigenvalue weighted by atomic mass is 16.5. The van der Waals surface area contributed by atoms with Gasteiger partial charge in [0.05, 0.1) is 17.7 Å². The number of carbonyl (C=O) groups is 2. The normalized spacial score (nSPS) is 23.1. The molecular weight excluding hydrogens is 320 g/mol. The Labute approximate surface area is 148 Å². The summed E-state index contributed by atoms with van der Waals surface area (Å²) in [6.45, 7) is 6.31. The summed E-state index contributed by atoms with van der Waals surface area (Å²) in [6, 6.07) is 5.71. The molecule has 2 fully saturated rings. The molecule has 0 saturated carbocycles. The maximum Gasteiger partial charge on any atom is 0.229 e. The van der Waals surface area contributed by atoms with Crippen molar-refractivity contribution >= 4 is 17.5 Å². The van der Waals surface area contributed by atoms with Crippen LogP contribution in [0.15, 0.2) is 18.2 Å². The molecule has 0 unspecified atom stereocenters. The molecule has 2 aliphatic heterocycles. The summed E-state index contributed by atoms with van der Waals surface area (Å²) in [6.07, 6.45) is 2.46. The van der Waals surface area contributed by atoms with Crippen LogP contribution in [0.5, 0.6) is 5.75 Å². The van der Waals surface area contributed by atoms with Crippen molar-refractivity contribution in [2.45, 2.75) is 39.2 Å². The molecule has 1 N–H and O–H groups in total. The molecule has 0 spiro atoms. The topological polar surface area (TPSA) is 67.9 Å². The van der Waals surface area contributed by atoms with E-state index < -0.39 is 0 Å². The molecule has 0 radical (unpaired) electrons. The van der Waals surface area contributed by atoms with Crippen LogP contribution in [0.4, 0.5) is 5.69 Å². The van der Waals surface area contributed by atoms with E-state index in [1.165, 1.54) is 0 Å². The van der Waals surface area contributed by atoms with Crippen LogP contribution in [-0.4, -0.2) is 49.1 Å². The molecule has 2 amide bonds. The van der Waals surface area contributed by atoms with Gasteiger partial charge < -0.3 is 19.7 Å². The molecule has 0 aliphatic carbocycles. The Kier molecular flexibility index (Phi) is 5.58. The summed E-state index contributed by atoms with van der Waals surface area (Å²) < 4.78 is 11.5. The molecule has 2 heterocycles. The van der Waals surface area contributed by atoms with E-state index in [-0.39, 0.29) is 30.3 Å². The Morgan fingerprint density at radius 1 is 1.44 bits per heavy atom. The monoisotopic (exact) mass is 346 g/mol. The second-order valence-corrected chi connectivity index (χ2v) is 6.77. The Hall–Kier alpha value is -2.08. The van der Waals surface area contributed by atoms with Gasteiger partial charge >= 0.3 is 0 Å². The fraction of sp³-hybridized carbons (Fsp3) is 0.579. The van der Waals surface area contributed by atoms with E-state index in [2.05, 4.69) is 5.32 Å². The second-order valence-electron chi connectivity index (χ2n) is 6.77. The van der Waals surface area contributed by atoms with E-state index >= 15 is 0 Å². The van der Waals surface area contributed by atoms with Gasteiger partial charge in [-0.3, -0.25) is 9.59 Å². The van der Waals surface area contributed by atoms with Crippen LogP contribution in [0.1, 0.15) is 31.7 Å². The number of anilines is 1. The van der Waals surface area contributed by atoms with Crippen molar-refractivity contribution in [3.8, 4) is 5.75 Å². The van der Waals surface area contributed by atoms with Gasteiger partial charge in [-0.1, -0.05) is 6.07 Å². The highest BCUT2D eigenvalue weighted by Crippen LogP contribution is 2.28. The Morgan fingerprint density at radius 2 is 2.28 bits per heavy atom. The molecule has 25 heavy (non-hydrogen) atoms. The van der Waals surface area contributed by atoms with Crippen molar-refractivity contribution in [3.63, 3.8) is 0 Å². The zero-order valence-corrected chi connectivity index (χ0v) is 14.9. The lowest BCUT2D eigenvalue weighted by Crippen LogP contribution is -2.28. The Balaban J connectivity index is 1.64. The van der Waals surface area contributed by atoms with Crippen molar-refractivity contribution in [2.24, 2.45) is 5.92 Å². The first-order valence-electron chi connectivity index (χ1n) is 9.00. The number of likely N-dealkylation sites (tertiary alicyclic amines) is 1. The zero-order valence-electron chi connectivity index (χ0n) is 14.9. The molecule has 6 heteroatoms. The number of aryl methyl sites for hydroxylation is 1. The van der Waals surface area contributed by atoms with Crippen LogP contribution in [0.25, 0.3) is 0 Å². The highest BCUT2D eigenvalue weighted by Gasteiger charge is 2.33. The molecule has 2 atom stereocenters. The van der Waals surface area contributed by atoms with Gasteiger partial charge in [0.1, 0.15) is 12.4 Å². The third-order valence-corrected chi connectivity index (χ3v) is 4.81. The molecule has 0 bridgehead atoms. The van der Waals surface area contributed by atoms with Crippen LogP contribution >= 0.6 is 0 Å². The van der Waals surface area contributed by atoms with E-state index in [9.17, 15) is 9.59 Å². The van der Waals surface area contributed by atoms with Gasteiger partial charge in [0, 0.05) is 26.1 Å². The van der Waals surface area contributed by atoms with Gasteiger partial charge in [-0.2, -0.15) is 0 Å². The Bertz CT molecular complexity index is 640. The lowest BCUT2D eigenvalue weighted by atomic mass is 10.1. The lowest BCUT2D eigenvalue weighted by molar-refractivity contribution is -0.128. The summed E-state index contributed by atoms with van der Waals surface area (Å²) in [5, 5.41) is 2.94. The predicted molar refractivity (Wildman–Crippen MR) is 94.6 cm³/mol. The molecule has 6 nitrogen and oxygen atoms in total. The first kappa shape index (κ1) is 17.7. The van der Waals surface area contributed by atoms with E-state index in [1.807, 2.05) is 32.0 Å². The molecular formula is C19H26N2O4. The Morgan fingerprint density at radius 3 is 2.96 bits per heavy atom. The van der Waals surface area contributed by atoms with Crippen LogP contribution in [0, 0.1) is 12.8 Å². The fourth-order valence-electron chi connectivity index (χ4n) is 3.30. The average Bonchev–Trinajstić information content (AvgIpc) is 3.24. The van der Waals surface area contributed by atoms with E-state index in [0.717, 1.165) is 25.0 Å². The first-order chi connectivity index (χ1) is 12.1. The van der Waals surface area contributed by atoms with E-state index in [0.29, 0.717) is 31.1 Å². The molecule has 3 rings (SSSR count). The van der Waals surface area contributed by atoms with Crippen LogP contribution in [0.2, 0.25) is 0 Å². The quantitative estimate of drug-likeness (QED) is 0.859. The number of benzene rings is 1. The number of rotatable bonds is 6. The van der Waals surface area contributed by atoms with Crippen molar-refractivity contribution in [1.82, 2.24) is 4.90 Å². The van der Waals surface area contributed by atoms with E-state index in [1.54, 1.807) is 4.90 Å². The van der Waals surface area contributed by atoms with Gasteiger partial charge in [-0.15, -0.1) is 0 Å². The van der Waals surface area contributed by atoms with E-state index in [4.69, 9.17) is 9.47 Å². The summed E-state index contributed by atoms with van der Waals surface area (Å²) in [5.74, 6) is 0.261. The van der Waals surface area contributed by atoms with Crippen LogP contribution < -0.4 is 10.1 Å². The zero-order chi connectivity index (χ0) is 17.8. The fourth-order valence-corrected chi connectivity index (χ4v) is 3.30. The van der Waals surface area contributed by atoms with Crippen LogP contribution in [0.3, 0.4) is 0 Å². The predicted octanol–water partition coefficient (Wildman–Crippen LogP) is 2.36. The van der Waals surface area contributed by atoms with Gasteiger partial charge in [-0.05, 0) is 44.4 Å². The largest absolute Gasteiger partial charge is 0.489 e. The third kappa shape index (κ3) is 4.31. The standard InChI is InChI=1S/C19H26N2O4/c1-3-21-11-14(10-18(21)22)19(23)20-16-7-6-13(2)9-17(16)25-12-15-5-4-8-24-15/h6-7,9,14-15H,3-5,8,10-12H2,1-2H3,(H,20,23)/t14-,15+/m0/s1. The van der Waals surface area contributed by atoms with Gasteiger partial charge in [-0.25, -0.2) is 0 Å². The minimum atomic E-state index is -0.306. The summed E-state index contributed by atoms with van der Waals surface area (Å²) in [4.78, 5) is 26.1. The van der Waals surface area contributed by atoms with Gasteiger partial charge in [0.25, 0.3) is 0 Å². The lowest BCUT2D eigenvalue weighted by Gasteiger charge is -2.17. The smallest absolute Gasteiger partial charge is 0.229 e. The molecule has 136 valence electrons. The maximum absolute atomic E-state index is 12.5. The number of carbonyl (C=O) groups excluding carboxylic acids is 2. The molecule has 2 saturated heterocycles. The van der Waals surface area contributed by atoms with Crippen molar-refractivity contribution in [1.29, 1.82) is 0 Å². The number of hydrogen-bond acceptors (Lipinski definition) is 4. The number of nitrogens with one attached hydrogen (secondary N) is 1. The van der Waals surface area contributed by atoms with Crippen molar-refractivity contribution in [2.75, 3.05) is 31.6 Å². The summed E-state index contributed by atoms with van der Waals surface area (Å²) >= 11 is 0. The molecule has 1 aromatic rings. The number of ether oxygens (including phenoxy) is 2. The minimum Gasteiger partial charge on any atom is -0.489 e. The molecule has 0 aromatic heterocycles. The van der Waals surface area contributed by atoms with Gasteiger partial charge in [0.15, 0.2) is 0 Å². The second kappa shape index (κ2) is 7.87. The van der Waals surface area contributed by atoms with Gasteiger partial charge in [0.2, 0.25) is 11.8 Å². The minimum absolute atomic E-state index is 0.0430.